The Labute approximate surface area is 117 Å². The molecule has 1 aromatic carbocycles. The molecule has 0 amide bonds. The maximum Gasteiger partial charge on any atom is 0.0102 e. The number of benzene rings is 1. The van der Waals surface area contributed by atoms with Crippen LogP contribution in [-0.4, -0.2) is 30.6 Å². The fourth-order valence-electron chi connectivity index (χ4n) is 3.82. The molecule has 2 N–H and O–H groups in total. The molecule has 2 aliphatic rings. The monoisotopic (exact) mass is 258 g/mol. The highest BCUT2D eigenvalue weighted by Gasteiger charge is 2.26. The van der Waals surface area contributed by atoms with Crippen molar-refractivity contribution < 1.29 is 0 Å². The van der Waals surface area contributed by atoms with Gasteiger partial charge < -0.3 is 10.6 Å². The number of hydrogen-bond acceptors (Lipinski definition) is 2. The number of likely N-dealkylation sites (tertiary alicyclic amines) is 1. The molecule has 1 fully saturated rings. The first-order chi connectivity index (χ1) is 9.36. The summed E-state index contributed by atoms with van der Waals surface area (Å²) in [5, 5.41) is 0. The van der Waals surface area contributed by atoms with E-state index in [0.717, 1.165) is 18.5 Å². The summed E-state index contributed by atoms with van der Waals surface area (Å²) in [6, 6.07) is 9.78. The van der Waals surface area contributed by atoms with E-state index < -0.39 is 0 Å². The molecule has 1 atom stereocenters. The highest BCUT2D eigenvalue weighted by atomic mass is 15.2. The van der Waals surface area contributed by atoms with E-state index in [-0.39, 0.29) is 0 Å². The molecule has 0 spiro atoms. The van der Waals surface area contributed by atoms with Crippen molar-refractivity contribution in [2.45, 2.75) is 44.6 Å². The molecule has 1 saturated heterocycles. The number of rotatable bonds is 2. The first-order valence-electron chi connectivity index (χ1n) is 7.87. The van der Waals surface area contributed by atoms with Crippen molar-refractivity contribution in [2.24, 2.45) is 11.7 Å². The van der Waals surface area contributed by atoms with Crippen LogP contribution >= 0.6 is 0 Å². The first-order valence-corrected chi connectivity index (χ1v) is 7.87. The molecule has 2 nitrogen and oxygen atoms in total. The molecule has 1 aliphatic heterocycles. The van der Waals surface area contributed by atoms with Crippen LogP contribution in [0.1, 0.15) is 36.8 Å². The third kappa shape index (κ3) is 3.01. The zero-order valence-electron chi connectivity index (χ0n) is 11.9. The van der Waals surface area contributed by atoms with E-state index in [4.69, 9.17) is 5.73 Å². The van der Waals surface area contributed by atoms with Crippen molar-refractivity contribution in [1.29, 1.82) is 0 Å². The second-order valence-corrected chi connectivity index (χ2v) is 6.24. The van der Waals surface area contributed by atoms with Gasteiger partial charge in [0, 0.05) is 12.6 Å². The van der Waals surface area contributed by atoms with Crippen molar-refractivity contribution in [2.75, 3.05) is 19.6 Å². The van der Waals surface area contributed by atoms with Crippen LogP contribution in [0.15, 0.2) is 24.3 Å². The predicted molar refractivity (Wildman–Crippen MR) is 80.2 cm³/mol. The Morgan fingerprint density at radius 1 is 1.05 bits per heavy atom. The van der Waals surface area contributed by atoms with E-state index in [1.54, 1.807) is 11.1 Å². The zero-order chi connectivity index (χ0) is 13.1. The first kappa shape index (κ1) is 13.1. The number of hydrogen-bond donors (Lipinski definition) is 1. The van der Waals surface area contributed by atoms with E-state index in [0.29, 0.717) is 0 Å². The summed E-state index contributed by atoms with van der Waals surface area (Å²) >= 11 is 0. The lowest BCUT2D eigenvalue weighted by atomic mass is 9.95. The summed E-state index contributed by atoms with van der Waals surface area (Å²) in [4.78, 5) is 2.73. The topological polar surface area (TPSA) is 29.3 Å². The van der Waals surface area contributed by atoms with Gasteiger partial charge in [-0.25, -0.2) is 0 Å². The molecule has 2 heteroatoms. The quantitative estimate of drug-likeness (QED) is 0.826. The molecule has 0 saturated carbocycles. The molecule has 0 unspecified atom stereocenters. The largest absolute Gasteiger partial charge is 0.330 e. The normalized spacial score (nSPS) is 25.8. The second-order valence-electron chi connectivity index (χ2n) is 6.24. The SMILES string of the molecule is NC[C@@H]1CCCN(C2CCc3ccccc3CC2)C1. The Kier molecular flexibility index (Phi) is 4.19. The van der Waals surface area contributed by atoms with Crippen molar-refractivity contribution >= 4 is 0 Å². The zero-order valence-corrected chi connectivity index (χ0v) is 11.9. The van der Waals surface area contributed by atoms with Crippen molar-refractivity contribution in [3.8, 4) is 0 Å². The third-order valence-corrected chi connectivity index (χ3v) is 5.01. The fraction of sp³-hybridized carbons (Fsp3) is 0.647. The molecule has 1 aliphatic carbocycles. The van der Waals surface area contributed by atoms with E-state index in [2.05, 4.69) is 29.2 Å². The van der Waals surface area contributed by atoms with Gasteiger partial charge in [-0.15, -0.1) is 0 Å². The summed E-state index contributed by atoms with van der Waals surface area (Å²) < 4.78 is 0. The predicted octanol–water partition coefficient (Wildman–Crippen LogP) is 2.60. The molecular weight excluding hydrogens is 232 g/mol. The smallest absolute Gasteiger partial charge is 0.0102 e. The number of piperidine rings is 1. The van der Waals surface area contributed by atoms with Crippen molar-refractivity contribution in [3.63, 3.8) is 0 Å². The van der Waals surface area contributed by atoms with Gasteiger partial charge in [-0.3, -0.25) is 0 Å². The lowest BCUT2D eigenvalue weighted by Crippen LogP contribution is -2.44. The summed E-state index contributed by atoms with van der Waals surface area (Å²) in [5.41, 5.74) is 9.03. The van der Waals surface area contributed by atoms with Gasteiger partial charge in [-0.2, -0.15) is 0 Å². The number of nitrogens with two attached hydrogens (primary N) is 1. The van der Waals surface area contributed by atoms with Crippen LogP contribution in [0.3, 0.4) is 0 Å². The number of nitrogens with zero attached hydrogens (tertiary/aromatic N) is 1. The third-order valence-electron chi connectivity index (χ3n) is 5.01. The summed E-state index contributed by atoms with van der Waals surface area (Å²) in [5.74, 6) is 0.736. The number of aryl methyl sites for hydroxylation is 2. The van der Waals surface area contributed by atoms with Gasteiger partial charge in [0.1, 0.15) is 0 Å². The minimum atomic E-state index is 0.736. The summed E-state index contributed by atoms with van der Waals surface area (Å²) in [6.45, 7) is 3.39. The lowest BCUT2D eigenvalue weighted by Gasteiger charge is -2.37. The molecule has 1 aromatic rings. The van der Waals surface area contributed by atoms with E-state index in [1.165, 1.54) is 51.6 Å². The van der Waals surface area contributed by atoms with Gasteiger partial charge in [0.2, 0.25) is 0 Å². The van der Waals surface area contributed by atoms with Gasteiger partial charge in [-0.1, -0.05) is 24.3 Å². The Morgan fingerprint density at radius 3 is 2.37 bits per heavy atom. The van der Waals surface area contributed by atoms with Gasteiger partial charge in [0.05, 0.1) is 0 Å². The van der Waals surface area contributed by atoms with Crippen LogP contribution in [0.2, 0.25) is 0 Å². The average Bonchev–Trinajstić information content (AvgIpc) is 2.70. The van der Waals surface area contributed by atoms with Crippen LogP contribution in [0.4, 0.5) is 0 Å². The molecule has 0 radical (unpaired) electrons. The Balaban J connectivity index is 1.65. The van der Waals surface area contributed by atoms with Gasteiger partial charge >= 0.3 is 0 Å². The highest BCUT2D eigenvalue weighted by molar-refractivity contribution is 5.28. The molecule has 104 valence electrons. The lowest BCUT2D eigenvalue weighted by molar-refractivity contribution is 0.116. The fourth-order valence-corrected chi connectivity index (χ4v) is 3.82. The molecule has 0 bridgehead atoms. The molecule has 1 heterocycles. The average molecular weight is 258 g/mol. The van der Waals surface area contributed by atoms with Crippen LogP contribution in [-0.2, 0) is 12.8 Å². The molecule has 0 aromatic heterocycles. The highest BCUT2D eigenvalue weighted by Crippen LogP contribution is 2.26. The minimum Gasteiger partial charge on any atom is -0.330 e. The van der Waals surface area contributed by atoms with Crippen LogP contribution in [0.25, 0.3) is 0 Å². The maximum absolute atomic E-state index is 5.87. The van der Waals surface area contributed by atoms with Gasteiger partial charge in [0.15, 0.2) is 0 Å². The Bertz CT molecular complexity index is 388. The van der Waals surface area contributed by atoms with Gasteiger partial charge in [-0.05, 0) is 68.7 Å². The number of fused-ring (bicyclic) bond motifs is 1. The van der Waals surface area contributed by atoms with Crippen LogP contribution in [0.5, 0.6) is 0 Å². The van der Waals surface area contributed by atoms with Gasteiger partial charge in [0.25, 0.3) is 0 Å². The van der Waals surface area contributed by atoms with Crippen molar-refractivity contribution in [1.82, 2.24) is 4.90 Å². The maximum atomic E-state index is 5.87. The van der Waals surface area contributed by atoms with Crippen LogP contribution in [0, 0.1) is 5.92 Å². The molecule has 19 heavy (non-hydrogen) atoms. The molecule has 3 rings (SSSR count). The van der Waals surface area contributed by atoms with E-state index in [9.17, 15) is 0 Å². The summed E-state index contributed by atoms with van der Waals surface area (Å²) in [6.07, 6.45) is 7.84. The minimum absolute atomic E-state index is 0.736. The van der Waals surface area contributed by atoms with E-state index in [1.807, 2.05) is 0 Å². The Morgan fingerprint density at radius 2 is 1.74 bits per heavy atom. The molecular formula is C17H26N2. The van der Waals surface area contributed by atoms with E-state index >= 15 is 0 Å². The Hall–Kier alpha value is -0.860. The van der Waals surface area contributed by atoms with Crippen molar-refractivity contribution in [3.05, 3.63) is 35.4 Å². The second kappa shape index (κ2) is 6.06. The standard InChI is InChI=1S/C17H26N2/c18-12-14-4-3-11-19(13-14)17-9-7-15-5-1-2-6-16(15)8-10-17/h1-2,5-6,14,17H,3-4,7-13,18H2/t14-/m0/s1. The van der Waals surface area contributed by atoms with Crippen LogP contribution < -0.4 is 5.73 Å². The summed E-state index contributed by atoms with van der Waals surface area (Å²) in [7, 11) is 0.